The Kier molecular flexibility index (Phi) is 4.22. The molecule has 0 spiro atoms. The third-order valence-corrected chi connectivity index (χ3v) is 3.50. The van der Waals surface area contributed by atoms with Gasteiger partial charge in [-0.2, -0.15) is 0 Å². The smallest absolute Gasteiger partial charge is 0.00684 e. The van der Waals surface area contributed by atoms with Crippen LogP contribution in [0.5, 0.6) is 0 Å². The van der Waals surface area contributed by atoms with Gasteiger partial charge in [0.25, 0.3) is 0 Å². The van der Waals surface area contributed by atoms with Crippen molar-refractivity contribution >= 4 is 0 Å². The van der Waals surface area contributed by atoms with Crippen molar-refractivity contribution in [2.75, 3.05) is 6.54 Å². The van der Waals surface area contributed by atoms with Gasteiger partial charge >= 0.3 is 0 Å². The van der Waals surface area contributed by atoms with Crippen LogP contribution in [0.4, 0.5) is 0 Å². The Morgan fingerprint density at radius 2 is 2.06 bits per heavy atom. The van der Waals surface area contributed by atoms with Crippen LogP contribution >= 0.6 is 0 Å². The first-order valence-corrected chi connectivity index (χ1v) is 6.95. The van der Waals surface area contributed by atoms with Crippen molar-refractivity contribution in [1.82, 2.24) is 5.32 Å². The minimum Gasteiger partial charge on any atom is -0.313 e. The lowest BCUT2D eigenvalue weighted by Gasteiger charge is -2.20. The zero-order valence-corrected chi connectivity index (χ0v) is 11.4. The standard InChI is InChI=1S/C16H25N/c1-12(2)9-15(11-17-16-7-8-16)14-6-4-5-13(3)10-14/h4-6,10,12,15-17H,7-9,11H2,1-3H3. The van der Waals surface area contributed by atoms with Crippen LogP contribution < -0.4 is 5.32 Å². The van der Waals surface area contributed by atoms with Gasteiger partial charge < -0.3 is 5.32 Å². The lowest BCUT2D eigenvalue weighted by atomic mass is 9.89. The molecule has 1 saturated carbocycles. The summed E-state index contributed by atoms with van der Waals surface area (Å²) >= 11 is 0. The molecule has 1 atom stereocenters. The second kappa shape index (κ2) is 5.68. The summed E-state index contributed by atoms with van der Waals surface area (Å²) in [7, 11) is 0. The lowest BCUT2D eigenvalue weighted by Crippen LogP contribution is -2.24. The van der Waals surface area contributed by atoms with Crippen molar-refractivity contribution in [2.24, 2.45) is 5.92 Å². The van der Waals surface area contributed by atoms with Gasteiger partial charge in [0, 0.05) is 12.6 Å². The Hall–Kier alpha value is -0.820. The van der Waals surface area contributed by atoms with Crippen LogP contribution in [0.2, 0.25) is 0 Å². The van der Waals surface area contributed by atoms with Gasteiger partial charge in [0.1, 0.15) is 0 Å². The van der Waals surface area contributed by atoms with E-state index in [4.69, 9.17) is 0 Å². The van der Waals surface area contributed by atoms with Gasteiger partial charge in [-0.3, -0.25) is 0 Å². The highest BCUT2D eigenvalue weighted by Crippen LogP contribution is 2.26. The molecule has 94 valence electrons. The van der Waals surface area contributed by atoms with Crippen molar-refractivity contribution < 1.29 is 0 Å². The number of hydrogen-bond donors (Lipinski definition) is 1. The van der Waals surface area contributed by atoms with Crippen molar-refractivity contribution in [3.05, 3.63) is 35.4 Å². The van der Waals surface area contributed by atoms with Gasteiger partial charge in [-0.25, -0.2) is 0 Å². The van der Waals surface area contributed by atoms with Crippen LogP contribution in [0.25, 0.3) is 0 Å². The maximum atomic E-state index is 3.68. The molecule has 1 aromatic rings. The zero-order valence-electron chi connectivity index (χ0n) is 11.4. The van der Waals surface area contributed by atoms with E-state index < -0.39 is 0 Å². The van der Waals surface area contributed by atoms with E-state index in [1.54, 1.807) is 0 Å². The summed E-state index contributed by atoms with van der Waals surface area (Å²) < 4.78 is 0. The fourth-order valence-electron chi connectivity index (χ4n) is 2.43. The summed E-state index contributed by atoms with van der Waals surface area (Å²) in [6.45, 7) is 7.97. The number of nitrogens with one attached hydrogen (secondary N) is 1. The van der Waals surface area contributed by atoms with E-state index in [0.29, 0.717) is 5.92 Å². The monoisotopic (exact) mass is 231 g/mol. The summed E-state index contributed by atoms with van der Waals surface area (Å²) in [5, 5.41) is 3.68. The number of aryl methyl sites for hydroxylation is 1. The molecule has 0 amide bonds. The molecule has 1 unspecified atom stereocenters. The van der Waals surface area contributed by atoms with E-state index in [2.05, 4.69) is 50.4 Å². The molecule has 17 heavy (non-hydrogen) atoms. The molecule has 2 rings (SSSR count). The molecule has 1 fully saturated rings. The Bertz CT molecular complexity index is 352. The zero-order chi connectivity index (χ0) is 12.3. The highest BCUT2D eigenvalue weighted by Gasteiger charge is 2.22. The van der Waals surface area contributed by atoms with E-state index in [1.807, 2.05) is 0 Å². The Morgan fingerprint density at radius 1 is 1.29 bits per heavy atom. The van der Waals surface area contributed by atoms with Crippen molar-refractivity contribution in [3.8, 4) is 0 Å². The third kappa shape index (κ3) is 4.16. The summed E-state index contributed by atoms with van der Waals surface area (Å²) in [6.07, 6.45) is 4.04. The summed E-state index contributed by atoms with van der Waals surface area (Å²) in [4.78, 5) is 0. The Morgan fingerprint density at radius 3 is 2.65 bits per heavy atom. The minimum atomic E-state index is 0.676. The van der Waals surface area contributed by atoms with Crippen LogP contribution in [0, 0.1) is 12.8 Å². The molecule has 0 heterocycles. The molecule has 0 aromatic heterocycles. The fraction of sp³-hybridized carbons (Fsp3) is 0.625. The molecule has 0 saturated heterocycles. The van der Waals surface area contributed by atoms with E-state index >= 15 is 0 Å². The molecule has 0 aliphatic heterocycles. The van der Waals surface area contributed by atoms with Gasteiger partial charge in [-0.1, -0.05) is 43.7 Å². The van der Waals surface area contributed by atoms with Gasteiger partial charge in [0.15, 0.2) is 0 Å². The van der Waals surface area contributed by atoms with E-state index in [0.717, 1.165) is 18.5 Å². The molecule has 1 aromatic carbocycles. The molecule has 0 bridgehead atoms. The van der Waals surface area contributed by atoms with Crippen LogP contribution in [-0.2, 0) is 0 Å². The molecule has 1 N–H and O–H groups in total. The Balaban J connectivity index is 2.01. The molecular formula is C16H25N. The first kappa shape index (κ1) is 12.6. The first-order chi connectivity index (χ1) is 8.15. The largest absolute Gasteiger partial charge is 0.313 e. The van der Waals surface area contributed by atoms with Crippen LogP contribution in [-0.4, -0.2) is 12.6 Å². The third-order valence-electron chi connectivity index (χ3n) is 3.50. The second-order valence-corrected chi connectivity index (χ2v) is 5.92. The van der Waals surface area contributed by atoms with Crippen LogP contribution in [0.15, 0.2) is 24.3 Å². The molecule has 1 aliphatic rings. The lowest BCUT2D eigenvalue weighted by molar-refractivity contribution is 0.469. The molecular weight excluding hydrogens is 206 g/mol. The molecule has 1 heteroatoms. The Labute approximate surface area is 106 Å². The quantitative estimate of drug-likeness (QED) is 0.783. The SMILES string of the molecule is Cc1cccc(C(CNC2CC2)CC(C)C)c1. The van der Waals surface area contributed by atoms with Gasteiger partial charge in [0.2, 0.25) is 0 Å². The maximum Gasteiger partial charge on any atom is 0.00684 e. The molecule has 1 nitrogen and oxygen atoms in total. The average molecular weight is 231 g/mol. The number of rotatable bonds is 6. The summed E-state index contributed by atoms with van der Waals surface area (Å²) in [6, 6.07) is 9.82. The number of hydrogen-bond acceptors (Lipinski definition) is 1. The topological polar surface area (TPSA) is 12.0 Å². The number of benzene rings is 1. The van der Waals surface area contributed by atoms with E-state index in [9.17, 15) is 0 Å². The first-order valence-electron chi connectivity index (χ1n) is 6.95. The van der Waals surface area contributed by atoms with Crippen molar-refractivity contribution in [1.29, 1.82) is 0 Å². The van der Waals surface area contributed by atoms with Crippen LogP contribution in [0.1, 0.15) is 50.2 Å². The van der Waals surface area contributed by atoms with Gasteiger partial charge in [0.05, 0.1) is 0 Å². The van der Waals surface area contributed by atoms with Gasteiger partial charge in [-0.15, -0.1) is 0 Å². The van der Waals surface area contributed by atoms with E-state index in [1.165, 1.54) is 30.4 Å². The van der Waals surface area contributed by atoms with Gasteiger partial charge in [-0.05, 0) is 43.6 Å². The predicted octanol–water partition coefficient (Wildman–Crippen LogP) is 3.88. The summed E-state index contributed by atoms with van der Waals surface area (Å²) in [5.41, 5.74) is 2.88. The predicted molar refractivity (Wildman–Crippen MR) is 74.4 cm³/mol. The summed E-state index contributed by atoms with van der Waals surface area (Å²) in [5.74, 6) is 1.44. The molecule has 1 aliphatic carbocycles. The highest BCUT2D eigenvalue weighted by atomic mass is 14.9. The second-order valence-electron chi connectivity index (χ2n) is 5.92. The molecule has 0 radical (unpaired) electrons. The maximum absolute atomic E-state index is 3.68. The highest BCUT2D eigenvalue weighted by molar-refractivity contribution is 5.26. The van der Waals surface area contributed by atoms with Crippen LogP contribution in [0.3, 0.4) is 0 Å². The van der Waals surface area contributed by atoms with Crippen molar-refractivity contribution in [2.45, 2.75) is 52.0 Å². The minimum absolute atomic E-state index is 0.676. The normalized spacial score (nSPS) is 17.4. The van der Waals surface area contributed by atoms with E-state index in [-0.39, 0.29) is 0 Å². The average Bonchev–Trinajstić information content (AvgIpc) is 3.07. The van der Waals surface area contributed by atoms with Crippen molar-refractivity contribution in [3.63, 3.8) is 0 Å². The fourth-order valence-corrected chi connectivity index (χ4v) is 2.43.